The van der Waals surface area contributed by atoms with Crippen LogP contribution >= 0.6 is 15.9 Å². The molecule has 6 heteroatoms. The summed E-state index contributed by atoms with van der Waals surface area (Å²) in [7, 11) is 0. The highest BCUT2D eigenvalue weighted by atomic mass is 79.9. The predicted octanol–water partition coefficient (Wildman–Crippen LogP) is 2.60. The Bertz CT molecular complexity index is 533. The van der Waals surface area contributed by atoms with Gasteiger partial charge in [-0.2, -0.15) is 0 Å². The van der Waals surface area contributed by atoms with Gasteiger partial charge < -0.3 is 15.0 Å². The van der Waals surface area contributed by atoms with E-state index in [0.29, 0.717) is 31.9 Å². The van der Waals surface area contributed by atoms with Crippen LogP contribution in [0, 0.1) is 0 Å². The van der Waals surface area contributed by atoms with Gasteiger partial charge in [-0.1, -0.05) is 15.9 Å². The van der Waals surface area contributed by atoms with Crippen molar-refractivity contribution in [1.29, 1.82) is 0 Å². The quantitative estimate of drug-likeness (QED) is 0.737. The van der Waals surface area contributed by atoms with E-state index in [1.54, 1.807) is 17.0 Å². The number of halogens is 1. The maximum atomic E-state index is 12.6. The highest BCUT2D eigenvalue weighted by molar-refractivity contribution is 9.10. The lowest BCUT2D eigenvalue weighted by molar-refractivity contribution is -0.124. The molecule has 0 radical (unpaired) electrons. The van der Waals surface area contributed by atoms with Gasteiger partial charge in [-0.25, -0.2) is 0 Å². The van der Waals surface area contributed by atoms with Crippen LogP contribution in [0.2, 0.25) is 0 Å². The molecule has 1 fully saturated rings. The summed E-state index contributed by atoms with van der Waals surface area (Å²) in [6.07, 6.45) is 2.37. The smallest absolute Gasteiger partial charge is 0.254 e. The minimum absolute atomic E-state index is 0.0653. The third kappa shape index (κ3) is 5.04. The number of hydrogen-bond acceptors (Lipinski definition) is 3. The molecule has 0 aromatic heterocycles. The van der Waals surface area contributed by atoms with Crippen molar-refractivity contribution >= 4 is 27.7 Å². The number of nitrogens with one attached hydrogen (secondary N) is 1. The van der Waals surface area contributed by atoms with Crippen LogP contribution in [0.4, 0.5) is 0 Å². The van der Waals surface area contributed by atoms with E-state index in [1.807, 2.05) is 19.1 Å². The molecule has 2 rings (SSSR count). The summed E-state index contributed by atoms with van der Waals surface area (Å²) in [5.74, 6) is -0.145. The Morgan fingerprint density at radius 3 is 2.78 bits per heavy atom. The highest BCUT2D eigenvalue weighted by Crippen LogP contribution is 2.21. The number of likely N-dealkylation sites (tertiary alicyclic amines) is 1. The molecule has 1 N–H and O–H groups in total. The molecular weight excluding hydrogens is 360 g/mol. The van der Waals surface area contributed by atoms with Gasteiger partial charge in [0.2, 0.25) is 5.91 Å². The van der Waals surface area contributed by atoms with Gasteiger partial charge in [-0.05, 0) is 50.5 Å². The summed E-state index contributed by atoms with van der Waals surface area (Å²) in [6.45, 7) is 4.49. The molecule has 126 valence electrons. The SMILES string of the molecule is CCOCCCNC(=O)C1CCCN1C(=O)c1ccc(Br)cc1. The Labute approximate surface area is 145 Å². The van der Waals surface area contributed by atoms with Gasteiger partial charge in [0.1, 0.15) is 6.04 Å². The van der Waals surface area contributed by atoms with Crippen LogP contribution in [0.5, 0.6) is 0 Å². The number of carbonyl (C=O) groups excluding carboxylic acids is 2. The first-order valence-corrected chi connectivity index (χ1v) is 8.84. The Morgan fingerprint density at radius 1 is 1.35 bits per heavy atom. The molecule has 1 heterocycles. The van der Waals surface area contributed by atoms with Crippen molar-refractivity contribution < 1.29 is 14.3 Å². The van der Waals surface area contributed by atoms with Crippen molar-refractivity contribution in [3.63, 3.8) is 0 Å². The average Bonchev–Trinajstić information content (AvgIpc) is 3.04. The highest BCUT2D eigenvalue weighted by Gasteiger charge is 2.34. The largest absolute Gasteiger partial charge is 0.382 e. The minimum Gasteiger partial charge on any atom is -0.382 e. The van der Waals surface area contributed by atoms with Gasteiger partial charge in [0, 0.05) is 36.3 Å². The second kappa shape index (κ2) is 9.03. The van der Waals surface area contributed by atoms with Crippen LogP contribution in [0.3, 0.4) is 0 Å². The average molecular weight is 383 g/mol. The number of nitrogens with zero attached hydrogens (tertiary/aromatic N) is 1. The van der Waals surface area contributed by atoms with Crippen LogP contribution in [-0.4, -0.2) is 49.1 Å². The van der Waals surface area contributed by atoms with E-state index >= 15 is 0 Å². The Balaban J connectivity index is 1.90. The zero-order chi connectivity index (χ0) is 16.7. The van der Waals surface area contributed by atoms with Crippen molar-refractivity contribution in [2.75, 3.05) is 26.3 Å². The van der Waals surface area contributed by atoms with Gasteiger partial charge in [0.05, 0.1) is 0 Å². The minimum atomic E-state index is -0.363. The molecule has 1 aliphatic rings. The van der Waals surface area contributed by atoms with E-state index < -0.39 is 0 Å². The van der Waals surface area contributed by atoms with Gasteiger partial charge in [-0.3, -0.25) is 9.59 Å². The second-order valence-electron chi connectivity index (χ2n) is 5.50. The molecule has 5 nitrogen and oxygen atoms in total. The van der Waals surface area contributed by atoms with E-state index in [1.165, 1.54) is 0 Å². The number of carbonyl (C=O) groups is 2. The molecule has 1 aliphatic heterocycles. The fourth-order valence-electron chi connectivity index (χ4n) is 2.69. The monoisotopic (exact) mass is 382 g/mol. The third-order valence-electron chi connectivity index (χ3n) is 3.88. The summed E-state index contributed by atoms with van der Waals surface area (Å²) in [4.78, 5) is 26.6. The molecule has 1 aromatic rings. The zero-order valence-electron chi connectivity index (χ0n) is 13.4. The molecule has 23 heavy (non-hydrogen) atoms. The number of rotatable bonds is 7. The van der Waals surface area contributed by atoms with E-state index in [0.717, 1.165) is 23.7 Å². The third-order valence-corrected chi connectivity index (χ3v) is 4.40. The normalized spacial score (nSPS) is 17.3. The Hall–Kier alpha value is -1.40. The van der Waals surface area contributed by atoms with E-state index in [-0.39, 0.29) is 17.9 Å². The number of benzene rings is 1. The van der Waals surface area contributed by atoms with E-state index in [9.17, 15) is 9.59 Å². The maximum Gasteiger partial charge on any atom is 0.254 e. The predicted molar refractivity (Wildman–Crippen MR) is 92.3 cm³/mol. The summed E-state index contributed by atoms with van der Waals surface area (Å²) < 4.78 is 6.18. The van der Waals surface area contributed by atoms with Crippen molar-refractivity contribution in [1.82, 2.24) is 10.2 Å². The molecule has 0 bridgehead atoms. The Kier molecular flexibility index (Phi) is 7.05. The zero-order valence-corrected chi connectivity index (χ0v) is 15.0. The number of hydrogen-bond donors (Lipinski definition) is 1. The summed E-state index contributed by atoms with van der Waals surface area (Å²) in [6, 6.07) is 6.88. The van der Waals surface area contributed by atoms with E-state index in [2.05, 4.69) is 21.2 Å². The van der Waals surface area contributed by atoms with Crippen molar-refractivity contribution in [3.8, 4) is 0 Å². The molecule has 2 amide bonds. The number of amides is 2. The molecule has 1 saturated heterocycles. The lowest BCUT2D eigenvalue weighted by atomic mass is 10.1. The molecule has 1 unspecified atom stereocenters. The summed E-state index contributed by atoms with van der Waals surface area (Å²) in [5, 5.41) is 2.91. The fourth-order valence-corrected chi connectivity index (χ4v) is 2.95. The second-order valence-corrected chi connectivity index (χ2v) is 6.42. The van der Waals surface area contributed by atoms with Crippen molar-refractivity contribution in [3.05, 3.63) is 34.3 Å². The van der Waals surface area contributed by atoms with Crippen LogP contribution in [0.25, 0.3) is 0 Å². The van der Waals surface area contributed by atoms with Crippen molar-refractivity contribution in [2.24, 2.45) is 0 Å². The first-order chi connectivity index (χ1) is 11.1. The molecular formula is C17H23BrN2O3. The first-order valence-electron chi connectivity index (χ1n) is 8.05. The molecule has 1 aromatic carbocycles. The Morgan fingerprint density at radius 2 is 2.09 bits per heavy atom. The first kappa shape index (κ1) is 17.9. The van der Waals surface area contributed by atoms with Crippen LogP contribution in [0.15, 0.2) is 28.7 Å². The van der Waals surface area contributed by atoms with Crippen LogP contribution in [0.1, 0.15) is 36.5 Å². The summed E-state index contributed by atoms with van der Waals surface area (Å²) >= 11 is 3.36. The summed E-state index contributed by atoms with van der Waals surface area (Å²) in [5.41, 5.74) is 0.615. The maximum absolute atomic E-state index is 12.6. The number of ether oxygens (including phenoxy) is 1. The van der Waals surface area contributed by atoms with Crippen LogP contribution in [-0.2, 0) is 9.53 Å². The lowest BCUT2D eigenvalue weighted by Crippen LogP contribution is -2.46. The standard InChI is InChI=1S/C17H23BrN2O3/c1-2-23-12-4-10-19-16(21)15-5-3-11-20(15)17(22)13-6-8-14(18)9-7-13/h6-9,15H,2-5,10-12H2,1H3,(H,19,21). The molecule has 0 aliphatic carbocycles. The van der Waals surface area contributed by atoms with Gasteiger partial charge in [0.15, 0.2) is 0 Å². The topological polar surface area (TPSA) is 58.6 Å². The molecule has 1 atom stereocenters. The molecule has 0 spiro atoms. The van der Waals surface area contributed by atoms with Gasteiger partial charge in [0.25, 0.3) is 5.91 Å². The van der Waals surface area contributed by atoms with Crippen molar-refractivity contribution in [2.45, 2.75) is 32.2 Å². The van der Waals surface area contributed by atoms with Gasteiger partial charge in [-0.15, -0.1) is 0 Å². The molecule has 0 saturated carbocycles. The van der Waals surface area contributed by atoms with Crippen LogP contribution < -0.4 is 5.32 Å². The van der Waals surface area contributed by atoms with E-state index in [4.69, 9.17) is 4.74 Å². The fraction of sp³-hybridized carbons (Fsp3) is 0.529. The lowest BCUT2D eigenvalue weighted by Gasteiger charge is -2.24. The van der Waals surface area contributed by atoms with Gasteiger partial charge >= 0.3 is 0 Å².